The number of ether oxygens (including phenoxy) is 4. The van der Waals surface area contributed by atoms with Crippen molar-refractivity contribution in [3.05, 3.63) is 35.9 Å². The van der Waals surface area contributed by atoms with Crippen molar-refractivity contribution >= 4 is 0 Å². The van der Waals surface area contributed by atoms with Crippen molar-refractivity contribution in [2.75, 3.05) is 41.0 Å². The van der Waals surface area contributed by atoms with Gasteiger partial charge in [-0.05, 0) is 18.4 Å². The van der Waals surface area contributed by atoms with Crippen LogP contribution in [0.15, 0.2) is 30.3 Å². The third kappa shape index (κ3) is 5.34. The molecule has 1 fully saturated rings. The maximum atomic E-state index is 5.58. The van der Waals surface area contributed by atoms with Crippen molar-refractivity contribution in [2.24, 2.45) is 0 Å². The summed E-state index contributed by atoms with van der Waals surface area (Å²) in [7, 11) is 3.30. The van der Waals surface area contributed by atoms with Gasteiger partial charge in [0.1, 0.15) is 13.6 Å². The Kier molecular flexibility index (Phi) is 7.83. The van der Waals surface area contributed by atoms with Gasteiger partial charge in [0.05, 0.1) is 13.2 Å². The number of hydrogen-bond acceptors (Lipinski definition) is 5. The van der Waals surface area contributed by atoms with Gasteiger partial charge >= 0.3 is 0 Å². The Balaban J connectivity index is 1.94. The second-order valence-electron chi connectivity index (χ2n) is 5.60. The Morgan fingerprint density at radius 2 is 1.45 bits per heavy atom. The highest BCUT2D eigenvalue weighted by Gasteiger charge is 2.33. The van der Waals surface area contributed by atoms with E-state index in [-0.39, 0.29) is 0 Å². The largest absolute Gasteiger partial charge is 0.359 e. The highest BCUT2D eigenvalue weighted by atomic mass is 16.7. The van der Waals surface area contributed by atoms with Gasteiger partial charge in [0.25, 0.3) is 0 Å². The van der Waals surface area contributed by atoms with Crippen molar-refractivity contribution in [3.8, 4) is 0 Å². The number of benzene rings is 1. The van der Waals surface area contributed by atoms with Crippen LogP contribution in [0.1, 0.15) is 18.4 Å². The van der Waals surface area contributed by atoms with E-state index in [9.17, 15) is 0 Å². The minimum Gasteiger partial charge on any atom is -0.359 e. The van der Waals surface area contributed by atoms with E-state index in [2.05, 4.69) is 29.2 Å². The summed E-state index contributed by atoms with van der Waals surface area (Å²) in [6, 6.07) is 11.4. The number of likely N-dealkylation sites (tertiary alicyclic amines) is 1. The quantitative estimate of drug-likeness (QED) is 0.490. The summed E-state index contributed by atoms with van der Waals surface area (Å²) in [6.07, 6.45) is 2.25. The molecule has 1 aromatic carbocycles. The Labute approximate surface area is 133 Å². The Morgan fingerprint density at radius 1 is 0.909 bits per heavy atom. The molecule has 1 aliphatic rings. The van der Waals surface area contributed by atoms with Gasteiger partial charge in [0, 0.05) is 32.8 Å². The average Bonchev–Trinajstić information content (AvgIpc) is 2.91. The van der Waals surface area contributed by atoms with Crippen LogP contribution >= 0.6 is 0 Å². The average molecular weight is 309 g/mol. The lowest BCUT2D eigenvalue weighted by Crippen LogP contribution is -2.40. The van der Waals surface area contributed by atoms with Gasteiger partial charge in [-0.15, -0.1) is 0 Å². The molecule has 2 atom stereocenters. The zero-order valence-electron chi connectivity index (χ0n) is 13.6. The van der Waals surface area contributed by atoms with Crippen LogP contribution in [0.4, 0.5) is 0 Å². The van der Waals surface area contributed by atoms with E-state index in [0.29, 0.717) is 38.9 Å². The van der Waals surface area contributed by atoms with Crippen LogP contribution in [0.5, 0.6) is 0 Å². The van der Waals surface area contributed by atoms with Gasteiger partial charge in [-0.3, -0.25) is 4.90 Å². The number of nitrogens with zero attached hydrogens (tertiary/aromatic N) is 1. The first kappa shape index (κ1) is 17.4. The lowest BCUT2D eigenvalue weighted by atomic mass is 10.2. The van der Waals surface area contributed by atoms with E-state index in [1.165, 1.54) is 5.56 Å². The molecule has 0 unspecified atom stereocenters. The van der Waals surface area contributed by atoms with Crippen LogP contribution in [-0.4, -0.2) is 58.0 Å². The molecule has 0 spiro atoms. The van der Waals surface area contributed by atoms with E-state index in [4.69, 9.17) is 18.9 Å². The van der Waals surface area contributed by atoms with Gasteiger partial charge in [0.2, 0.25) is 0 Å². The number of methoxy groups -OCH3 is 2. The lowest BCUT2D eigenvalue weighted by Gasteiger charge is -2.30. The maximum absolute atomic E-state index is 5.58. The highest BCUT2D eigenvalue weighted by Crippen LogP contribution is 2.27. The molecule has 0 aliphatic carbocycles. The third-order valence-electron chi connectivity index (χ3n) is 4.00. The normalized spacial score (nSPS) is 22.3. The fourth-order valence-corrected chi connectivity index (χ4v) is 2.96. The first-order valence-corrected chi connectivity index (χ1v) is 7.78. The summed E-state index contributed by atoms with van der Waals surface area (Å²) in [5.74, 6) is 0. The van der Waals surface area contributed by atoms with E-state index in [0.717, 1.165) is 19.4 Å². The molecule has 1 aliphatic heterocycles. The molecule has 22 heavy (non-hydrogen) atoms. The molecule has 1 saturated heterocycles. The zero-order valence-corrected chi connectivity index (χ0v) is 13.6. The summed E-state index contributed by atoms with van der Waals surface area (Å²) in [5, 5.41) is 0. The summed E-state index contributed by atoms with van der Waals surface area (Å²) in [4.78, 5) is 2.49. The van der Waals surface area contributed by atoms with Crippen LogP contribution in [0.25, 0.3) is 0 Å². The van der Waals surface area contributed by atoms with Gasteiger partial charge in [0.15, 0.2) is 0 Å². The van der Waals surface area contributed by atoms with Crippen LogP contribution in [0.2, 0.25) is 0 Å². The van der Waals surface area contributed by atoms with Gasteiger partial charge < -0.3 is 18.9 Å². The zero-order chi connectivity index (χ0) is 15.6. The smallest absolute Gasteiger partial charge is 0.146 e. The molecule has 1 heterocycles. The van der Waals surface area contributed by atoms with Crippen molar-refractivity contribution < 1.29 is 18.9 Å². The van der Waals surface area contributed by atoms with Crippen LogP contribution in [0, 0.1) is 0 Å². The predicted octanol–water partition coefficient (Wildman–Crippen LogP) is 2.26. The topological polar surface area (TPSA) is 40.2 Å². The molecule has 0 radical (unpaired) electrons. The first-order valence-electron chi connectivity index (χ1n) is 7.78. The molecule has 124 valence electrons. The fourth-order valence-electron chi connectivity index (χ4n) is 2.96. The molecule has 0 bridgehead atoms. The third-order valence-corrected chi connectivity index (χ3v) is 4.00. The van der Waals surface area contributed by atoms with Crippen LogP contribution < -0.4 is 0 Å². The van der Waals surface area contributed by atoms with Crippen LogP contribution in [-0.2, 0) is 25.5 Å². The van der Waals surface area contributed by atoms with E-state index in [1.807, 2.05) is 6.07 Å². The summed E-state index contributed by atoms with van der Waals surface area (Å²) >= 11 is 0. The molecule has 1 aromatic rings. The summed E-state index contributed by atoms with van der Waals surface area (Å²) in [6.45, 7) is 3.01. The highest BCUT2D eigenvalue weighted by molar-refractivity contribution is 5.15. The monoisotopic (exact) mass is 309 g/mol. The molecule has 5 heteroatoms. The predicted molar refractivity (Wildman–Crippen MR) is 84.5 cm³/mol. The van der Waals surface area contributed by atoms with Crippen molar-refractivity contribution in [3.63, 3.8) is 0 Å². The van der Waals surface area contributed by atoms with Crippen LogP contribution in [0.3, 0.4) is 0 Å². The molecule has 5 nitrogen and oxygen atoms in total. The van der Waals surface area contributed by atoms with Crippen molar-refractivity contribution in [1.29, 1.82) is 0 Å². The van der Waals surface area contributed by atoms with Crippen molar-refractivity contribution in [1.82, 2.24) is 4.90 Å². The molecular weight excluding hydrogens is 282 g/mol. The van der Waals surface area contributed by atoms with E-state index in [1.54, 1.807) is 14.2 Å². The summed E-state index contributed by atoms with van der Waals surface area (Å²) < 4.78 is 21.1. The minimum atomic E-state index is 0.348. The van der Waals surface area contributed by atoms with E-state index < -0.39 is 0 Å². The SMILES string of the molecule is COCOC[C@H]1CC[C@H](COCOC)N1Cc1ccccc1. The second kappa shape index (κ2) is 9.92. The molecule has 0 saturated carbocycles. The number of rotatable bonds is 10. The molecule has 2 rings (SSSR count). The molecule has 0 aromatic heterocycles. The number of hydrogen-bond donors (Lipinski definition) is 0. The van der Waals surface area contributed by atoms with Gasteiger partial charge in [-0.25, -0.2) is 0 Å². The molecule has 0 amide bonds. The Bertz CT molecular complexity index is 383. The maximum Gasteiger partial charge on any atom is 0.146 e. The Hall–Kier alpha value is -0.980. The molecule has 0 N–H and O–H groups in total. The first-order chi connectivity index (χ1) is 10.8. The minimum absolute atomic E-state index is 0.348. The van der Waals surface area contributed by atoms with E-state index >= 15 is 0 Å². The molecular formula is C17H27NO4. The van der Waals surface area contributed by atoms with Gasteiger partial charge in [-0.1, -0.05) is 30.3 Å². The van der Waals surface area contributed by atoms with Crippen molar-refractivity contribution in [2.45, 2.75) is 31.5 Å². The van der Waals surface area contributed by atoms with Gasteiger partial charge in [-0.2, -0.15) is 0 Å². The standard InChI is InChI=1S/C17H27NO4/c1-19-13-21-11-16-8-9-17(12-22-14-20-2)18(16)10-15-6-4-3-5-7-15/h3-7,16-17H,8-14H2,1-2H3/t16-,17-/m1/s1. The second-order valence-corrected chi connectivity index (χ2v) is 5.60. The lowest BCUT2D eigenvalue weighted by molar-refractivity contribution is -0.0660. The Morgan fingerprint density at radius 3 is 1.95 bits per heavy atom. The fraction of sp³-hybridized carbons (Fsp3) is 0.647. The summed E-state index contributed by atoms with van der Waals surface area (Å²) in [5.41, 5.74) is 1.32.